The molecule has 0 aromatic carbocycles. The van der Waals surface area contributed by atoms with Crippen molar-refractivity contribution < 1.29 is 9.47 Å². The number of ether oxygens (including phenoxy) is 2. The van der Waals surface area contributed by atoms with Crippen molar-refractivity contribution in [1.29, 1.82) is 0 Å². The third-order valence-electron chi connectivity index (χ3n) is 1.80. The number of rotatable bonds is 4. The van der Waals surface area contributed by atoms with Gasteiger partial charge in [0.05, 0.1) is 13.2 Å². The summed E-state index contributed by atoms with van der Waals surface area (Å²) < 4.78 is 10.6. The molecule has 1 rings (SSSR count). The summed E-state index contributed by atoms with van der Waals surface area (Å²) in [7, 11) is 2.06. The van der Waals surface area contributed by atoms with Crippen LogP contribution in [0.1, 0.15) is 6.92 Å². The van der Waals surface area contributed by atoms with Crippen LogP contribution in [0, 0.1) is 0 Å². The lowest BCUT2D eigenvalue weighted by Crippen LogP contribution is -2.29. The lowest BCUT2D eigenvalue weighted by atomic mass is 10.4. The van der Waals surface area contributed by atoms with Gasteiger partial charge >= 0.3 is 0 Å². The zero-order valence-corrected chi connectivity index (χ0v) is 7.82. The zero-order valence-electron chi connectivity index (χ0n) is 7.82. The van der Waals surface area contributed by atoms with Crippen molar-refractivity contribution in [3.63, 3.8) is 0 Å². The molecule has 1 saturated heterocycles. The Morgan fingerprint density at radius 3 is 2.67 bits per heavy atom. The van der Waals surface area contributed by atoms with E-state index in [1.165, 1.54) is 0 Å². The molecule has 0 amide bonds. The minimum Gasteiger partial charge on any atom is -0.349 e. The summed E-state index contributed by atoms with van der Waals surface area (Å²) in [4.78, 5) is 2.18. The maximum absolute atomic E-state index is 5.32. The molecular formula is C9H17NO2. The SMILES string of the molecule is CC=CCN(C)CC1OCCO1. The van der Waals surface area contributed by atoms with Crippen molar-refractivity contribution >= 4 is 0 Å². The highest BCUT2D eigenvalue weighted by Crippen LogP contribution is 2.04. The van der Waals surface area contributed by atoms with E-state index in [-0.39, 0.29) is 6.29 Å². The van der Waals surface area contributed by atoms with E-state index in [2.05, 4.69) is 18.0 Å². The van der Waals surface area contributed by atoms with Gasteiger partial charge in [0, 0.05) is 13.1 Å². The van der Waals surface area contributed by atoms with Gasteiger partial charge < -0.3 is 9.47 Å². The maximum atomic E-state index is 5.32. The van der Waals surface area contributed by atoms with Crippen LogP contribution in [0.5, 0.6) is 0 Å². The summed E-state index contributed by atoms with van der Waals surface area (Å²) >= 11 is 0. The number of hydrogen-bond acceptors (Lipinski definition) is 3. The van der Waals surface area contributed by atoms with Gasteiger partial charge in [-0.25, -0.2) is 0 Å². The summed E-state index contributed by atoms with van der Waals surface area (Å²) in [6.45, 7) is 5.31. The molecule has 1 heterocycles. The van der Waals surface area contributed by atoms with Gasteiger partial charge in [0.2, 0.25) is 0 Å². The Morgan fingerprint density at radius 1 is 1.42 bits per heavy atom. The summed E-state index contributed by atoms with van der Waals surface area (Å²) in [5.74, 6) is 0. The molecule has 0 atom stereocenters. The van der Waals surface area contributed by atoms with Gasteiger partial charge in [0.15, 0.2) is 6.29 Å². The molecule has 1 aliphatic rings. The summed E-state index contributed by atoms with van der Waals surface area (Å²) in [5.41, 5.74) is 0. The molecule has 0 aromatic heterocycles. The number of nitrogens with zero attached hydrogens (tertiary/aromatic N) is 1. The summed E-state index contributed by atoms with van der Waals surface area (Å²) in [6, 6.07) is 0. The van der Waals surface area contributed by atoms with Crippen molar-refractivity contribution in [1.82, 2.24) is 4.90 Å². The first-order valence-electron chi connectivity index (χ1n) is 4.36. The van der Waals surface area contributed by atoms with E-state index in [0.29, 0.717) is 0 Å². The van der Waals surface area contributed by atoms with Gasteiger partial charge in [0.1, 0.15) is 0 Å². The van der Waals surface area contributed by atoms with Crippen molar-refractivity contribution in [2.75, 3.05) is 33.4 Å². The Balaban J connectivity index is 2.11. The molecule has 0 bridgehead atoms. The van der Waals surface area contributed by atoms with Crippen LogP contribution >= 0.6 is 0 Å². The average molecular weight is 171 g/mol. The van der Waals surface area contributed by atoms with Crippen molar-refractivity contribution in [2.45, 2.75) is 13.2 Å². The number of hydrogen-bond donors (Lipinski definition) is 0. The van der Waals surface area contributed by atoms with Gasteiger partial charge in [-0.1, -0.05) is 12.2 Å². The largest absolute Gasteiger partial charge is 0.349 e. The molecule has 0 aromatic rings. The fourth-order valence-electron chi connectivity index (χ4n) is 1.13. The average Bonchev–Trinajstić information content (AvgIpc) is 2.53. The first-order valence-corrected chi connectivity index (χ1v) is 4.36. The van der Waals surface area contributed by atoms with Gasteiger partial charge in [-0.15, -0.1) is 0 Å². The molecular weight excluding hydrogens is 154 g/mol. The molecule has 0 aliphatic carbocycles. The molecule has 12 heavy (non-hydrogen) atoms. The zero-order chi connectivity index (χ0) is 8.81. The predicted octanol–water partition coefficient (Wildman–Crippen LogP) is 0.867. The van der Waals surface area contributed by atoms with E-state index in [9.17, 15) is 0 Å². The highest BCUT2D eigenvalue weighted by Gasteiger charge is 2.16. The monoisotopic (exact) mass is 171 g/mol. The van der Waals surface area contributed by atoms with E-state index < -0.39 is 0 Å². The van der Waals surface area contributed by atoms with E-state index >= 15 is 0 Å². The first kappa shape index (κ1) is 9.71. The van der Waals surface area contributed by atoms with Crippen LogP contribution in [0.25, 0.3) is 0 Å². The van der Waals surface area contributed by atoms with Crippen molar-refractivity contribution in [3.8, 4) is 0 Å². The maximum Gasteiger partial charge on any atom is 0.170 e. The third-order valence-corrected chi connectivity index (χ3v) is 1.80. The first-order chi connectivity index (χ1) is 5.83. The van der Waals surface area contributed by atoms with Gasteiger partial charge in [-0.2, -0.15) is 0 Å². The number of allylic oxidation sites excluding steroid dienone is 1. The van der Waals surface area contributed by atoms with E-state index in [1.807, 2.05) is 13.0 Å². The van der Waals surface area contributed by atoms with Crippen LogP contribution in [-0.2, 0) is 9.47 Å². The Hall–Kier alpha value is -0.380. The predicted molar refractivity (Wildman–Crippen MR) is 48.0 cm³/mol. The second-order valence-corrected chi connectivity index (χ2v) is 2.96. The molecule has 70 valence electrons. The Bertz CT molecular complexity index is 141. The molecule has 1 fully saturated rings. The fourth-order valence-corrected chi connectivity index (χ4v) is 1.13. The lowest BCUT2D eigenvalue weighted by molar-refractivity contribution is -0.0566. The van der Waals surface area contributed by atoms with Crippen LogP contribution in [0.4, 0.5) is 0 Å². The Kier molecular flexibility index (Phi) is 4.29. The van der Waals surface area contributed by atoms with Gasteiger partial charge in [-0.05, 0) is 14.0 Å². The van der Waals surface area contributed by atoms with Gasteiger partial charge in [-0.3, -0.25) is 4.90 Å². The molecule has 0 radical (unpaired) electrons. The quantitative estimate of drug-likeness (QED) is 0.586. The van der Waals surface area contributed by atoms with E-state index in [1.54, 1.807) is 0 Å². The van der Waals surface area contributed by atoms with Gasteiger partial charge in [0.25, 0.3) is 0 Å². The topological polar surface area (TPSA) is 21.7 Å². The third kappa shape index (κ3) is 3.34. The minimum atomic E-state index is -0.0137. The molecule has 0 saturated carbocycles. The van der Waals surface area contributed by atoms with E-state index in [4.69, 9.17) is 9.47 Å². The molecule has 1 aliphatic heterocycles. The Morgan fingerprint density at radius 2 is 2.08 bits per heavy atom. The highest BCUT2D eigenvalue weighted by molar-refractivity contribution is 4.80. The second kappa shape index (κ2) is 5.30. The lowest BCUT2D eigenvalue weighted by Gasteiger charge is -2.17. The van der Waals surface area contributed by atoms with Crippen molar-refractivity contribution in [2.24, 2.45) is 0 Å². The van der Waals surface area contributed by atoms with Crippen LogP contribution in [-0.4, -0.2) is 44.5 Å². The molecule has 3 nitrogen and oxygen atoms in total. The standard InChI is InChI=1S/C9H17NO2/c1-3-4-5-10(2)8-9-11-6-7-12-9/h3-4,9H,5-8H2,1-2H3. The molecule has 3 heteroatoms. The number of likely N-dealkylation sites (N-methyl/N-ethyl adjacent to an activating group) is 1. The molecule has 0 spiro atoms. The normalized spacial score (nSPS) is 19.9. The van der Waals surface area contributed by atoms with Crippen LogP contribution in [0.3, 0.4) is 0 Å². The van der Waals surface area contributed by atoms with Crippen LogP contribution in [0.15, 0.2) is 12.2 Å². The second-order valence-electron chi connectivity index (χ2n) is 2.96. The minimum absolute atomic E-state index is 0.0137. The molecule has 0 N–H and O–H groups in total. The fraction of sp³-hybridized carbons (Fsp3) is 0.778. The summed E-state index contributed by atoms with van der Waals surface area (Å²) in [5, 5.41) is 0. The van der Waals surface area contributed by atoms with Crippen LogP contribution in [0.2, 0.25) is 0 Å². The Labute approximate surface area is 74.0 Å². The smallest absolute Gasteiger partial charge is 0.170 e. The summed E-state index contributed by atoms with van der Waals surface area (Å²) in [6.07, 6.45) is 4.15. The van der Waals surface area contributed by atoms with E-state index in [0.717, 1.165) is 26.3 Å². The van der Waals surface area contributed by atoms with Crippen LogP contribution < -0.4 is 0 Å². The van der Waals surface area contributed by atoms with Crippen molar-refractivity contribution in [3.05, 3.63) is 12.2 Å². The molecule has 0 unspecified atom stereocenters. The highest BCUT2D eigenvalue weighted by atomic mass is 16.7.